The van der Waals surface area contributed by atoms with Gasteiger partial charge in [0, 0.05) is 25.2 Å². The summed E-state index contributed by atoms with van der Waals surface area (Å²) in [7, 11) is 0. The first-order valence-corrected chi connectivity index (χ1v) is 9.73. The van der Waals surface area contributed by atoms with Crippen LogP contribution >= 0.6 is 0 Å². The number of likely N-dealkylation sites (tertiary alicyclic amines) is 1. The van der Waals surface area contributed by atoms with E-state index in [1.54, 1.807) is 0 Å². The predicted octanol–water partition coefficient (Wildman–Crippen LogP) is 3.00. The van der Waals surface area contributed by atoms with Crippen molar-refractivity contribution in [3.8, 4) is 11.4 Å². The Morgan fingerprint density at radius 1 is 1.21 bits per heavy atom. The van der Waals surface area contributed by atoms with E-state index in [4.69, 9.17) is 0 Å². The molecule has 4 rings (SSSR count). The maximum Gasteiger partial charge on any atom is 0.252 e. The fourth-order valence-electron chi connectivity index (χ4n) is 3.98. The van der Waals surface area contributed by atoms with Gasteiger partial charge in [-0.25, -0.2) is 4.98 Å². The van der Waals surface area contributed by atoms with Gasteiger partial charge in [0.05, 0.1) is 5.56 Å². The summed E-state index contributed by atoms with van der Waals surface area (Å²) < 4.78 is 0. The van der Waals surface area contributed by atoms with Crippen molar-refractivity contribution in [1.29, 1.82) is 0 Å². The fraction of sp³-hybridized carbons (Fsp3) is 0.318. The molecule has 1 aliphatic heterocycles. The van der Waals surface area contributed by atoms with Crippen LogP contribution in [0.3, 0.4) is 0 Å². The van der Waals surface area contributed by atoms with Crippen molar-refractivity contribution in [2.75, 3.05) is 26.2 Å². The summed E-state index contributed by atoms with van der Waals surface area (Å²) in [6.07, 6.45) is 2.62. The maximum absolute atomic E-state index is 12.7. The van der Waals surface area contributed by atoms with Crippen molar-refractivity contribution in [2.24, 2.45) is 0 Å². The average molecular weight is 375 g/mol. The number of H-pyrrole nitrogens is 1. The lowest BCUT2D eigenvalue weighted by molar-refractivity contribution is 0.0950. The zero-order valence-electron chi connectivity index (χ0n) is 16.1. The smallest absolute Gasteiger partial charge is 0.252 e. The summed E-state index contributed by atoms with van der Waals surface area (Å²) >= 11 is 0. The lowest BCUT2D eigenvalue weighted by Gasteiger charge is -2.17. The number of carbonyl (C=O) groups excluding carboxylic acids is 1. The lowest BCUT2D eigenvalue weighted by atomic mass is 9.94. The Morgan fingerprint density at radius 2 is 2.04 bits per heavy atom. The van der Waals surface area contributed by atoms with Crippen molar-refractivity contribution in [3.05, 3.63) is 71.5 Å². The molecule has 2 N–H and O–H groups in total. The van der Waals surface area contributed by atoms with Gasteiger partial charge in [0.1, 0.15) is 6.33 Å². The van der Waals surface area contributed by atoms with E-state index in [0.29, 0.717) is 23.9 Å². The second kappa shape index (κ2) is 8.35. The van der Waals surface area contributed by atoms with Crippen LogP contribution in [0, 0.1) is 6.92 Å². The molecule has 144 valence electrons. The summed E-state index contributed by atoms with van der Waals surface area (Å²) in [6.45, 7) is 5.80. The molecule has 6 nitrogen and oxygen atoms in total. The van der Waals surface area contributed by atoms with Crippen LogP contribution in [-0.2, 0) is 0 Å². The van der Waals surface area contributed by atoms with Crippen molar-refractivity contribution in [1.82, 2.24) is 25.4 Å². The highest BCUT2D eigenvalue weighted by molar-refractivity contribution is 6.00. The molecular weight excluding hydrogens is 350 g/mol. The van der Waals surface area contributed by atoms with Gasteiger partial charge in [0.25, 0.3) is 5.91 Å². The Kier molecular flexibility index (Phi) is 5.48. The first-order chi connectivity index (χ1) is 13.7. The Morgan fingerprint density at radius 3 is 2.86 bits per heavy atom. The average Bonchev–Trinajstić information content (AvgIpc) is 3.41. The van der Waals surface area contributed by atoms with Crippen LogP contribution in [0.5, 0.6) is 0 Å². The summed E-state index contributed by atoms with van der Waals surface area (Å²) in [5.74, 6) is 1.11. The van der Waals surface area contributed by atoms with Gasteiger partial charge in [-0.05, 0) is 43.0 Å². The third-order valence-electron chi connectivity index (χ3n) is 5.46. The minimum atomic E-state index is -0.0818. The zero-order chi connectivity index (χ0) is 19.3. The van der Waals surface area contributed by atoms with Gasteiger partial charge < -0.3 is 10.2 Å². The Balaban J connectivity index is 1.32. The Hall–Kier alpha value is -2.99. The van der Waals surface area contributed by atoms with Gasteiger partial charge in [-0.1, -0.05) is 42.5 Å². The van der Waals surface area contributed by atoms with E-state index in [0.717, 1.165) is 25.2 Å². The molecule has 6 heteroatoms. The molecule has 0 spiro atoms. The predicted molar refractivity (Wildman–Crippen MR) is 109 cm³/mol. The molecule has 1 aromatic heterocycles. The van der Waals surface area contributed by atoms with Crippen LogP contribution in [-0.4, -0.2) is 52.2 Å². The van der Waals surface area contributed by atoms with Crippen molar-refractivity contribution >= 4 is 5.91 Å². The zero-order valence-corrected chi connectivity index (χ0v) is 16.1. The molecule has 1 amide bonds. The topological polar surface area (TPSA) is 73.9 Å². The normalized spacial score (nSPS) is 17.0. The number of hydrogen-bond acceptors (Lipinski definition) is 4. The number of rotatable bonds is 6. The van der Waals surface area contributed by atoms with E-state index in [9.17, 15) is 4.79 Å². The highest BCUT2D eigenvalue weighted by Gasteiger charge is 2.24. The van der Waals surface area contributed by atoms with Gasteiger partial charge in [-0.15, -0.1) is 0 Å². The van der Waals surface area contributed by atoms with Gasteiger partial charge in [0.15, 0.2) is 5.82 Å². The largest absolute Gasteiger partial charge is 0.351 e. The first kappa shape index (κ1) is 18.4. The monoisotopic (exact) mass is 375 g/mol. The van der Waals surface area contributed by atoms with Gasteiger partial charge in [-0.2, -0.15) is 5.10 Å². The molecule has 0 aliphatic carbocycles. The van der Waals surface area contributed by atoms with Crippen LogP contribution < -0.4 is 5.32 Å². The van der Waals surface area contributed by atoms with Crippen LogP contribution in [0.25, 0.3) is 11.4 Å². The second-order valence-electron chi connectivity index (χ2n) is 7.28. The fourth-order valence-corrected chi connectivity index (χ4v) is 3.98. The lowest BCUT2D eigenvalue weighted by Crippen LogP contribution is -2.34. The molecule has 2 aromatic carbocycles. The highest BCUT2D eigenvalue weighted by Crippen LogP contribution is 2.29. The molecule has 0 saturated carbocycles. The van der Waals surface area contributed by atoms with E-state index < -0.39 is 0 Å². The number of carbonyl (C=O) groups is 1. The SMILES string of the molecule is Cc1ccccc1[C@H]1CCN(CCNC(=O)c2ccccc2-c2ncn[nH]2)C1. The van der Waals surface area contributed by atoms with Crippen LogP contribution in [0.15, 0.2) is 54.9 Å². The van der Waals surface area contributed by atoms with Gasteiger partial charge >= 0.3 is 0 Å². The molecule has 1 atom stereocenters. The number of nitrogens with zero attached hydrogens (tertiary/aromatic N) is 3. The van der Waals surface area contributed by atoms with Crippen molar-refractivity contribution in [2.45, 2.75) is 19.3 Å². The van der Waals surface area contributed by atoms with Crippen LogP contribution in [0.4, 0.5) is 0 Å². The summed E-state index contributed by atoms with van der Waals surface area (Å²) in [6, 6.07) is 16.1. The van der Waals surface area contributed by atoms with E-state index in [-0.39, 0.29) is 5.91 Å². The molecule has 0 radical (unpaired) electrons. The molecule has 1 aliphatic rings. The molecule has 28 heavy (non-hydrogen) atoms. The Bertz CT molecular complexity index is 938. The van der Waals surface area contributed by atoms with E-state index in [2.05, 4.69) is 56.6 Å². The molecule has 0 unspecified atom stereocenters. The molecule has 1 saturated heterocycles. The van der Waals surface area contributed by atoms with Gasteiger partial charge in [-0.3, -0.25) is 9.89 Å². The third-order valence-corrected chi connectivity index (χ3v) is 5.46. The number of aromatic nitrogens is 3. The molecule has 2 heterocycles. The molecule has 1 fully saturated rings. The minimum absolute atomic E-state index is 0.0818. The number of amides is 1. The standard InChI is InChI=1S/C22H25N5O/c1-16-6-2-3-7-18(16)17-10-12-27(14-17)13-11-23-22(28)20-9-5-4-8-19(20)21-24-15-25-26-21/h2-9,15,17H,10-14H2,1H3,(H,23,28)(H,24,25,26)/t17-/m0/s1. The summed E-state index contributed by atoms with van der Waals surface area (Å²) in [4.78, 5) is 19.3. The first-order valence-electron chi connectivity index (χ1n) is 9.73. The molecule has 0 bridgehead atoms. The number of nitrogens with one attached hydrogen (secondary N) is 2. The van der Waals surface area contributed by atoms with E-state index in [1.165, 1.54) is 23.9 Å². The van der Waals surface area contributed by atoms with Gasteiger partial charge in [0.2, 0.25) is 0 Å². The second-order valence-corrected chi connectivity index (χ2v) is 7.28. The number of aromatic amines is 1. The molecular formula is C22H25N5O. The number of benzene rings is 2. The minimum Gasteiger partial charge on any atom is -0.351 e. The quantitative estimate of drug-likeness (QED) is 0.695. The van der Waals surface area contributed by atoms with Crippen molar-refractivity contribution < 1.29 is 4.79 Å². The number of aryl methyl sites for hydroxylation is 1. The third kappa shape index (κ3) is 3.97. The number of hydrogen-bond donors (Lipinski definition) is 2. The summed E-state index contributed by atoms with van der Waals surface area (Å²) in [5.41, 5.74) is 4.19. The van der Waals surface area contributed by atoms with E-state index >= 15 is 0 Å². The highest BCUT2D eigenvalue weighted by atomic mass is 16.1. The van der Waals surface area contributed by atoms with Crippen molar-refractivity contribution in [3.63, 3.8) is 0 Å². The maximum atomic E-state index is 12.7. The van der Waals surface area contributed by atoms with Crippen LogP contribution in [0.2, 0.25) is 0 Å². The Labute approximate surface area is 165 Å². The molecule has 3 aromatic rings. The summed E-state index contributed by atoms with van der Waals surface area (Å²) in [5, 5.41) is 9.75. The van der Waals surface area contributed by atoms with E-state index in [1.807, 2.05) is 24.3 Å². The van der Waals surface area contributed by atoms with Crippen LogP contribution in [0.1, 0.15) is 33.8 Å².